The average Bonchev–Trinajstić information content (AvgIpc) is 3.21. The number of benzene rings is 1. The normalized spacial score (nSPS) is 16.9. The molecule has 2 nitrogen and oxygen atoms in total. The van der Waals surface area contributed by atoms with Crippen molar-refractivity contribution in [2.24, 2.45) is 11.7 Å². The molecule has 0 saturated heterocycles. The first-order valence-electron chi connectivity index (χ1n) is 7.03. The zero-order valence-electron chi connectivity index (χ0n) is 11.4. The fourth-order valence-corrected chi connectivity index (χ4v) is 2.78. The van der Waals surface area contributed by atoms with Crippen LogP contribution in [0.25, 0.3) is 0 Å². The molecule has 0 aliphatic heterocycles. The van der Waals surface area contributed by atoms with Gasteiger partial charge < -0.3 is 10.6 Å². The van der Waals surface area contributed by atoms with Crippen LogP contribution in [-0.2, 0) is 0 Å². The van der Waals surface area contributed by atoms with Crippen molar-refractivity contribution in [3.8, 4) is 0 Å². The van der Waals surface area contributed by atoms with Crippen molar-refractivity contribution < 1.29 is 0 Å². The standard InChI is InChI=1S/C15H22Cl2N2/c1-2-19(10-11-6-7-11)9-8-14(18)12-4-3-5-13(16)15(12)17/h3-5,11,14H,2,6-10,18H2,1H3. The van der Waals surface area contributed by atoms with Crippen molar-refractivity contribution in [2.45, 2.75) is 32.2 Å². The van der Waals surface area contributed by atoms with Gasteiger partial charge in [-0.15, -0.1) is 0 Å². The average molecular weight is 301 g/mol. The molecule has 1 aliphatic rings. The van der Waals surface area contributed by atoms with Crippen molar-refractivity contribution in [1.82, 2.24) is 4.90 Å². The Labute approximate surface area is 125 Å². The summed E-state index contributed by atoms with van der Waals surface area (Å²) in [5.41, 5.74) is 7.20. The van der Waals surface area contributed by atoms with Crippen LogP contribution < -0.4 is 5.73 Å². The van der Waals surface area contributed by atoms with Crippen LogP contribution in [0.4, 0.5) is 0 Å². The number of hydrogen-bond acceptors (Lipinski definition) is 2. The Bertz CT molecular complexity index is 419. The Morgan fingerprint density at radius 2 is 2.11 bits per heavy atom. The quantitative estimate of drug-likeness (QED) is 0.821. The van der Waals surface area contributed by atoms with Crippen LogP contribution in [0.1, 0.15) is 37.8 Å². The zero-order chi connectivity index (χ0) is 13.8. The van der Waals surface area contributed by atoms with Crippen molar-refractivity contribution >= 4 is 23.2 Å². The van der Waals surface area contributed by atoms with Gasteiger partial charge in [0.15, 0.2) is 0 Å². The fraction of sp³-hybridized carbons (Fsp3) is 0.600. The third kappa shape index (κ3) is 4.35. The van der Waals surface area contributed by atoms with E-state index in [4.69, 9.17) is 28.9 Å². The Kier molecular flexibility index (Phi) is 5.52. The number of nitrogens with two attached hydrogens (primary N) is 1. The monoisotopic (exact) mass is 300 g/mol. The van der Waals surface area contributed by atoms with Gasteiger partial charge in [0.1, 0.15) is 0 Å². The summed E-state index contributed by atoms with van der Waals surface area (Å²) in [5.74, 6) is 0.922. The van der Waals surface area contributed by atoms with Gasteiger partial charge in [-0.1, -0.05) is 42.3 Å². The van der Waals surface area contributed by atoms with Crippen LogP contribution in [0.2, 0.25) is 10.0 Å². The molecular formula is C15H22Cl2N2. The van der Waals surface area contributed by atoms with E-state index < -0.39 is 0 Å². The van der Waals surface area contributed by atoms with Gasteiger partial charge in [0.25, 0.3) is 0 Å². The summed E-state index contributed by atoms with van der Waals surface area (Å²) < 4.78 is 0. The van der Waals surface area contributed by atoms with E-state index in [2.05, 4.69) is 11.8 Å². The molecule has 0 heterocycles. The van der Waals surface area contributed by atoms with Crippen molar-refractivity contribution in [1.29, 1.82) is 0 Å². The Hall–Kier alpha value is -0.280. The molecule has 4 heteroatoms. The van der Waals surface area contributed by atoms with E-state index in [0.29, 0.717) is 10.0 Å². The molecule has 106 valence electrons. The topological polar surface area (TPSA) is 29.3 Å². The third-order valence-corrected chi connectivity index (χ3v) is 4.63. The van der Waals surface area contributed by atoms with Crippen molar-refractivity contribution in [2.75, 3.05) is 19.6 Å². The summed E-state index contributed by atoms with van der Waals surface area (Å²) in [6.07, 6.45) is 3.70. The highest BCUT2D eigenvalue weighted by molar-refractivity contribution is 6.42. The van der Waals surface area contributed by atoms with Gasteiger partial charge in [-0.25, -0.2) is 0 Å². The Morgan fingerprint density at radius 1 is 1.37 bits per heavy atom. The van der Waals surface area contributed by atoms with E-state index in [1.807, 2.05) is 12.1 Å². The number of hydrogen-bond donors (Lipinski definition) is 1. The first-order valence-corrected chi connectivity index (χ1v) is 7.79. The molecule has 1 atom stereocenters. The van der Waals surface area contributed by atoms with Crippen LogP contribution >= 0.6 is 23.2 Å². The Morgan fingerprint density at radius 3 is 2.74 bits per heavy atom. The van der Waals surface area contributed by atoms with Gasteiger partial charge in [-0.05, 0) is 49.9 Å². The lowest BCUT2D eigenvalue weighted by atomic mass is 10.0. The fourth-order valence-electron chi connectivity index (χ4n) is 2.33. The highest BCUT2D eigenvalue weighted by atomic mass is 35.5. The molecule has 0 radical (unpaired) electrons. The first-order chi connectivity index (χ1) is 9.11. The predicted molar refractivity (Wildman–Crippen MR) is 82.8 cm³/mol. The van der Waals surface area contributed by atoms with Crippen LogP contribution in [0.5, 0.6) is 0 Å². The predicted octanol–water partition coefficient (Wildman–Crippen LogP) is 4.12. The van der Waals surface area contributed by atoms with Gasteiger partial charge in [-0.2, -0.15) is 0 Å². The first kappa shape index (κ1) is 15.1. The summed E-state index contributed by atoms with van der Waals surface area (Å²) in [6.45, 7) is 5.54. The second kappa shape index (κ2) is 6.94. The molecule has 0 amide bonds. The van der Waals surface area contributed by atoms with E-state index >= 15 is 0 Å². The van der Waals surface area contributed by atoms with Crippen molar-refractivity contribution in [3.63, 3.8) is 0 Å². The van der Waals surface area contributed by atoms with Gasteiger partial charge in [0, 0.05) is 12.6 Å². The summed E-state index contributed by atoms with van der Waals surface area (Å²) in [4.78, 5) is 2.48. The van der Waals surface area contributed by atoms with Crippen LogP contribution in [-0.4, -0.2) is 24.5 Å². The molecule has 2 N–H and O–H groups in total. The third-order valence-electron chi connectivity index (χ3n) is 3.80. The SMILES string of the molecule is CCN(CCC(N)c1cccc(Cl)c1Cl)CC1CC1. The lowest BCUT2D eigenvalue weighted by Gasteiger charge is -2.23. The van der Waals surface area contributed by atoms with Gasteiger partial charge in [-0.3, -0.25) is 0 Å². The molecule has 1 fully saturated rings. The summed E-state index contributed by atoms with van der Waals surface area (Å²) in [7, 11) is 0. The molecular weight excluding hydrogens is 279 g/mol. The number of halogens is 2. The largest absolute Gasteiger partial charge is 0.324 e. The smallest absolute Gasteiger partial charge is 0.0640 e. The van der Waals surface area contributed by atoms with Crippen LogP contribution in [0.3, 0.4) is 0 Å². The highest BCUT2D eigenvalue weighted by Gasteiger charge is 2.24. The molecule has 0 spiro atoms. The lowest BCUT2D eigenvalue weighted by molar-refractivity contribution is 0.266. The van der Waals surface area contributed by atoms with Gasteiger partial charge in [0.05, 0.1) is 10.0 Å². The second-order valence-corrected chi connectivity index (χ2v) is 6.16. The minimum atomic E-state index is -0.0422. The zero-order valence-corrected chi connectivity index (χ0v) is 12.9. The maximum atomic E-state index is 6.24. The molecule has 1 aromatic carbocycles. The van der Waals surface area contributed by atoms with E-state index in [-0.39, 0.29) is 6.04 Å². The van der Waals surface area contributed by atoms with Gasteiger partial charge >= 0.3 is 0 Å². The minimum Gasteiger partial charge on any atom is -0.324 e. The van der Waals surface area contributed by atoms with E-state index in [1.54, 1.807) is 6.07 Å². The minimum absolute atomic E-state index is 0.0422. The van der Waals surface area contributed by atoms with Crippen LogP contribution in [0.15, 0.2) is 18.2 Å². The van der Waals surface area contributed by atoms with E-state index in [0.717, 1.165) is 31.0 Å². The molecule has 1 aromatic rings. The Balaban J connectivity index is 1.88. The lowest BCUT2D eigenvalue weighted by Crippen LogP contribution is -2.29. The molecule has 0 aromatic heterocycles. The number of rotatable bonds is 7. The molecule has 1 aliphatic carbocycles. The van der Waals surface area contributed by atoms with Gasteiger partial charge in [0.2, 0.25) is 0 Å². The maximum absolute atomic E-state index is 6.24. The summed E-state index contributed by atoms with van der Waals surface area (Å²) in [5, 5.41) is 1.18. The molecule has 19 heavy (non-hydrogen) atoms. The van der Waals surface area contributed by atoms with E-state index in [9.17, 15) is 0 Å². The van der Waals surface area contributed by atoms with E-state index in [1.165, 1.54) is 19.4 Å². The molecule has 2 rings (SSSR count). The second-order valence-electron chi connectivity index (χ2n) is 5.37. The summed E-state index contributed by atoms with van der Waals surface area (Å²) >= 11 is 12.2. The summed E-state index contributed by atoms with van der Waals surface area (Å²) in [6, 6.07) is 5.63. The van der Waals surface area contributed by atoms with Crippen molar-refractivity contribution in [3.05, 3.63) is 33.8 Å². The molecule has 1 saturated carbocycles. The van der Waals surface area contributed by atoms with Crippen LogP contribution in [0, 0.1) is 5.92 Å². The molecule has 0 bridgehead atoms. The highest BCUT2D eigenvalue weighted by Crippen LogP contribution is 2.31. The molecule has 1 unspecified atom stereocenters. The maximum Gasteiger partial charge on any atom is 0.0640 e. The number of nitrogens with zero attached hydrogens (tertiary/aromatic N) is 1.